The Kier molecular flexibility index (Phi) is 3.25. The molecule has 19 heavy (non-hydrogen) atoms. The lowest BCUT2D eigenvalue weighted by atomic mass is 10.1. The Bertz CT molecular complexity index is 686. The number of fused-ring (bicyclic) bond motifs is 1. The van der Waals surface area contributed by atoms with Gasteiger partial charge in [0.2, 0.25) is 0 Å². The fourth-order valence-electron chi connectivity index (χ4n) is 1.96. The van der Waals surface area contributed by atoms with E-state index in [9.17, 15) is 5.21 Å². The first kappa shape index (κ1) is 11.9. The van der Waals surface area contributed by atoms with Crippen molar-refractivity contribution in [3.05, 3.63) is 65.2 Å². The number of hydrogen-bond acceptors (Lipinski definition) is 4. The second kappa shape index (κ2) is 5.20. The summed E-state index contributed by atoms with van der Waals surface area (Å²) < 4.78 is 1.16. The fraction of sp³-hybridized carbons (Fsp3) is 0.0667. The van der Waals surface area contributed by atoms with Gasteiger partial charge in [-0.05, 0) is 17.7 Å². The van der Waals surface area contributed by atoms with E-state index in [1.54, 1.807) is 11.3 Å². The van der Waals surface area contributed by atoms with Crippen LogP contribution < -0.4 is 0 Å². The maximum Gasteiger partial charge on any atom is 0.0999 e. The van der Waals surface area contributed by atoms with Gasteiger partial charge in [0.1, 0.15) is 0 Å². The zero-order valence-electron chi connectivity index (χ0n) is 10.2. The quantitative estimate of drug-likeness (QED) is 0.447. The Hall–Kier alpha value is -2.20. The van der Waals surface area contributed by atoms with Gasteiger partial charge in [-0.15, -0.1) is 11.3 Å². The highest BCUT2D eigenvalue weighted by Gasteiger charge is 2.09. The van der Waals surface area contributed by atoms with Crippen LogP contribution >= 0.6 is 11.3 Å². The predicted octanol–water partition coefficient (Wildman–Crippen LogP) is 3.72. The zero-order chi connectivity index (χ0) is 13.1. The van der Waals surface area contributed by atoms with E-state index >= 15 is 0 Å². The van der Waals surface area contributed by atoms with Crippen molar-refractivity contribution >= 4 is 27.3 Å². The number of aromatic nitrogens is 1. The van der Waals surface area contributed by atoms with Crippen LogP contribution in [-0.2, 0) is 6.42 Å². The van der Waals surface area contributed by atoms with Crippen molar-refractivity contribution in [1.82, 2.24) is 4.98 Å². The van der Waals surface area contributed by atoms with E-state index in [0.717, 1.165) is 20.8 Å². The molecule has 0 aliphatic rings. The summed E-state index contributed by atoms with van der Waals surface area (Å²) in [5, 5.41) is 13.5. The molecular weight excluding hydrogens is 256 g/mol. The lowest BCUT2D eigenvalue weighted by Crippen LogP contribution is -2.04. The molecule has 2 aromatic carbocycles. The molecule has 94 valence electrons. The molecule has 0 spiro atoms. The summed E-state index contributed by atoms with van der Waals surface area (Å²) in [6, 6.07) is 17.7. The molecule has 0 aliphatic carbocycles. The average molecular weight is 268 g/mol. The van der Waals surface area contributed by atoms with Crippen molar-refractivity contribution in [2.75, 3.05) is 0 Å². The first-order valence-electron chi connectivity index (χ1n) is 5.97. The van der Waals surface area contributed by atoms with Crippen LogP contribution in [0.15, 0.2) is 59.8 Å². The van der Waals surface area contributed by atoms with Crippen molar-refractivity contribution in [3.8, 4) is 0 Å². The van der Waals surface area contributed by atoms with Gasteiger partial charge in [-0.2, -0.15) is 0 Å². The molecule has 1 aromatic heterocycles. The monoisotopic (exact) mass is 268 g/mol. The van der Waals surface area contributed by atoms with Gasteiger partial charge in [0.15, 0.2) is 0 Å². The van der Waals surface area contributed by atoms with Crippen molar-refractivity contribution in [2.24, 2.45) is 5.16 Å². The van der Waals surface area contributed by atoms with Crippen molar-refractivity contribution in [1.29, 1.82) is 0 Å². The van der Waals surface area contributed by atoms with Gasteiger partial charge < -0.3 is 5.21 Å². The summed E-state index contributed by atoms with van der Waals surface area (Å²) in [6.07, 6.45) is 0.542. The Morgan fingerprint density at radius 2 is 1.79 bits per heavy atom. The van der Waals surface area contributed by atoms with Gasteiger partial charge in [-0.25, -0.2) is 4.98 Å². The number of hydrogen-bond donors (Lipinski definition) is 1. The number of nitrogens with zero attached hydrogens (tertiary/aromatic N) is 2. The average Bonchev–Trinajstić information content (AvgIpc) is 2.88. The molecule has 3 aromatic rings. The highest BCUT2D eigenvalue weighted by Crippen LogP contribution is 2.22. The molecular formula is C15H12N2OS. The molecule has 0 radical (unpaired) electrons. The van der Waals surface area contributed by atoms with Gasteiger partial charge in [0, 0.05) is 6.42 Å². The van der Waals surface area contributed by atoms with Crippen LogP contribution in [0.1, 0.15) is 10.6 Å². The van der Waals surface area contributed by atoms with Crippen LogP contribution in [0.4, 0.5) is 0 Å². The predicted molar refractivity (Wildman–Crippen MR) is 78.1 cm³/mol. The summed E-state index contributed by atoms with van der Waals surface area (Å²) in [6.45, 7) is 0. The topological polar surface area (TPSA) is 45.5 Å². The summed E-state index contributed by atoms with van der Waals surface area (Å²) >= 11 is 1.63. The number of thiazole rings is 1. The van der Waals surface area contributed by atoms with Crippen LogP contribution in [-0.4, -0.2) is 15.9 Å². The number of oxime groups is 1. The molecule has 1 N–H and O–H groups in total. The number of para-hydroxylation sites is 1. The van der Waals surface area contributed by atoms with E-state index in [0.29, 0.717) is 12.1 Å². The van der Waals surface area contributed by atoms with Crippen LogP contribution in [0.5, 0.6) is 0 Å². The molecule has 3 rings (SSSR count). The molecule has 0 saturated heterocycles. The highest BCUT2D eigenvalue weighted by atomic mass is 32.1. The van der Waals surface area contributed by atoms with Crippen LogP contribution in [0.25, 0.3) is 10.2 Å². The molecule has 0 fully saturated rings. The smallest absolute Gasteiger partial charge is 0.0999 e. The van der Waals surface area contributed by atoms with Crippen molar-refractivity contribution < 1.29 is 5.21 Å². The van der Waals surface area contributed by atoms with E-state index < -0.39 is 0 Å². The van der Waals surface area contributed by atoms with Crippen molar-refractivity contribution in [3.63, 3.8) is 0 Å². The third kappa shape index (κ3) is 2.48. The normalized spacial score (nSPS) is 11.9. The second-order valence-corrected chi connectivity index (χ2v) is 5.28. The summed E-state index contributed by atoms with van der Waals surface area (Å²) in [5.41, 5.74) is 2.55. The molecule has 3 nitrogen and oxygen atoms in total. The molecule has 0 atom stereocenters. The molecule has 0 amide bonds. The van der Waals surface area contributed by atoms with E-state index in [1.165, 1.54) is 0 Å². The van der Waals surface area contributed by atoms with Gasteiger partial charge in [0.05, 0.1) is 20.9 Å². The molecule has 1 heterocycles. The van der Waals surface area contributed by atoms with E-state index in [2.05, 4.69) is 16.2 Å². The van der Waals surface area contributed by atoms with Gasteiger partial charge >= 0.3 is 0 Å². The Labute approximate surface area is 114 Å². The maximum absolute atomic E-state index is 9.18. The Morgan fingerprint density at radius 1 is 1.05 bits per heavy atom. The molecule has 0 bridgehead atoms. The Balaban J connectivity index is 1.91. The number of rotatable bonds is 3. The number of benzene rings is 2. The third-order valence-electron chi connectivity index (χ3n) is 2.88. The molecule has 0 unspecified atom stereocenters. The highest BCUT2D eigenvalue weighted by molar-refractivity contribution is 7.18. The fourth-order valence-corrected chi connectivity index (χ4v) is 2.94. The summed E-state index contributed by atoms with van der Waals surface area (Å²) in [7, 11) is 0. The second-order valence-electron chi connectivity index (χ2n) is 4.16. The van der Waals surface area contributed by atoms with Crippen LogP contribution in [0.3, 0.4) is 0 Å². The van der Waals surface area contributed by atoms with Gasteiger partial charge in [-0.3, -0.25) is 0 Å². The van der Waals surface area contributed by atoms with Crippen LogP contribution in [0.2, 0.25) is 0 Å². The van der Waals surface area contributed by atoms with Gasteiger partial charge in [-0.1, -0.05) is 47.6 Å². The molecule has 4 heteroatoms. The minimum Gasteiger partial charge on any atom is -0.411 e. The van der Waals surface area contributed by atoms with E-state index in [1.807, 2.05) is 48.5 Å². The SMILES string of the molecule is ON=C(Cc1nc2ccccc2s1)c1ccccc1. The Morgan fingerprint density at radius 3 is 2.53 bits per heavy atom. The van der Waals surface area contributed by atoms with Crippen LogP contribution in [0, 0.1) is 0 Å². The summed E-state index contributed by atoms with van der Waals surface area (Å²) in [4.78, 5) is 4.55. The summed E-state index contributed by atoms with van der Waals surface area (Å²) in [5.74, 6) is 0. The third-order valence-corrected chi connectivity index (χ3v) is 3.92. The minimum atomic E-state index is 0.542. The lowest BCUT2D eigenvalue weighted by Gasteiger charge is -2.01. The zero-order valence-corrected chi connectivity index (χ0v) is 11.0. The van der Waals surface area contributed by atoms with E-state index in [4.69, 9.17) is 0 Å². The standard InChI is InChI=1S/C15H12N2OS/c18-17-13(11-6-2-1-3-7-11)10-15-16-12-8-4-5-9-14(12)19-15/h1-9,18H,10H2. The van der Waals surface area contributed by atoms with Gasteiger partial charge in [0.25, 0.3) is 0 Å². The van der Waals surface area contributed by atoms with Crippen molar-refractivity contribution in [2.45, 2.75) is 6.42 Å². The van der Waals surface area contributed by atoms with E-state index in [-0.39, 0.29) is 0 Å². The maximum atomic E-state index is 9.18. The first-order valence-corrected chi connectivity index (χ1v) is 6.79. The largest absolute Gasteiger partial charge is 0.411 e. The molecule has 0 saturated carbocycles. The minimum absolute atomic E-state index is 0.542. The first-order chi connectivity index (χ1) is 9.36. The lowest BCUT2D eigenvalue weighted by molar-refractivity contribution is 0.318. The molecule has 0 aliphatic heterocycles.